The zero-order valence-electron chi connectivity index (χ0n) is 12.2. The molecule has 1 fully saturated rings. The van der Waals surface area contributed by atoms with E-state index in [1.807, 2.05) is 11.8 Å². The largest absolute Gasteiger partial charge is 0.480 e. The second-order valence-corrected chi connectivity index (χ2v) is 7.50. The lowest BCUT2D eigenvalue weighted by molar-refractivity contribution is -0.139. The maximum atomic E-state index is 12.2. The van der Waals surface area contributed by atoms with Gasteiger partial charge in [-0.1, -0.05) is 18.5 Å². The number of halogens is 1. The van der Waals surface area contributed by atoms with E-state index in [4.69, 9.17) is 16.7 Å². The highest BCUT2D eigenvalue weighted by Gasteiger charge is 2.36. The van der Waals surface area contributed by atoms with E-state index >= 15 is 0 Å². The fourth-order valence-corrected chi connectivity index (χ4v) is 3.94. The molecule has 0 saturated heterocycles. The van der Waals surface area contributed by atoms with Crippen molar-refractivity contribution >= 4 is 27.6 Å². The minimum absolute atomic E-state index is 0.0161. The lowest BCUT2D eigenvalue weighted by Crippen LogP contribution is -2.54. The molecule has 0 spiro atoms. The summed E-state index contributed by atoms with van der Waals surface area (Å²) in [5.74, 6) is -0.868. The molecule has 2 rings (SSSR count). The molecule has 22 heavy (non-hydrogen) atoms. The summed E-state index contributed by atoms with van der Waals surface area (Å²) in [6.45, 7) is 2.51. The van der Waals surface area contributed by atoms with Crippen LogP contribution in [0.3, 0.4) is 0 Å². The van der Waals surface area contributed by atoms with Gasteiger partial charge in [-0.2, -0.15) is 0 Å². The van der Waals surface area contributed by atoms with Crippen LogP contribution in [-0.4, -0.2) is 49.6 Å². The first-order valence-electron chi connectivity index (χ1n) is 7.05. The van der Waals surface area contributed by atoms with Crippen LogP contribution in [0.1, 0.15) is 19.8 Å². The van der Waals surface area contributed by atoms with Crippen LogP contribution in [-0.2, 0) is 14.8 Å². The standard InChI is InChI=1S/C14H19ClN2O4S/c1-2-17(9-14(18)19)12-7-11(8-12)16-22(20,21)13-5-3-10(15)4-6-13/h3-6,11-12,16H,2,7-9H2,1H3,(H,18,19). The Labute approximate surface area is 135 Å². The summed E-state index contributed by atoms with van der Waals surface area (Å²) in [4.78, 5) is 12.8. The molecule has 0 aliphatic heterocycles. The Kier molecular flexibility index (Phi) is 5.44. The first-order chi connectivity index (χ1) is 10.3. The number of likely N-dealkylation sites (N-methyl/N-ethyl adjacent to an activating group) is 1. The van der Waals surface area contributed by atoms with Gasteiger partial charge in [0, 0.05) is 17.1 Å². The number of carbonyl (C=O) groups is 1. The van der Waals surface area contributed by atoms with Gasteiger partial charge in [-0.25, -0.2) is 13.1 Å². The topological polar surface area (TPSA) is 86.7 Å². The molecule has 0 amide bonds. The summed E-state index contributed by atoms with van der Waals surface area (Å²) < 4.78 is 27.1. The quantitative estimate of drug-likeness (QED) is 0.782. The normalized spacial score (nSPS) is 21.6. The van der Waals surface area contributed by atoms with Gasteiger partial charge in [0.15, 0.2) is 0 Å². The predicted octanol–water partition coefficient (Wildman–Crippen LogP) is 1.56. The molecule has 0 atom stereocenters. The second kappa shape index (κ2) is 6.95. The first-order valence-corrected chi connectivity index (χ1v) is 8.91. The van der Waals surface area contributed by atoms with E-state index in [2.05, 4.69) is 4.72 Å². The van der Waals surface area contributed by atoms with Crippen molar-refractivity contribution in [3.8, 4) is 0 Å². The van der Waals surface area contributed by atoms with E-state index in [0.717, 1.165) is 0 Å². The summed E-state index contributed by atoms with van der Waals surface area (Å²) in [7, 11) is -3.56. The van der Waals surface area contributed by atoms with Crippen LogP contribution in [0.4, 0.5) is 0 Å². The molecular formula is C14H19ClN2O4S. The molecule has 0 bridgehead atoms. The average Bonchev–Trinajstić information content (AvgIpc) is 2.40. The zero-order chi connectivity index (χ0) is 16.3. The molecule has 2 N–H and O–H groups in total. The number of rotatable bonds is 7. The van der Waals surface area contributed by atoms with Crippen molar-refractivity contribution in [2.45, 2.75) is 36.7 Å². The van der Waals surface area contributed by atoms with E-state index in [-0.39, 0.29) is 23.5 Å². The first kappa shape index (κ1) is 17.2. The van der Waals surface area contributed by atoms with Crippen LogP contribution >= 0.6 is 11.6 Å². The van der Waals surface area contributed by atoms with E-state index in [9.17, 15) is 13.2 Å². The van der Waals surface area contributed by atoms with E-state index in [0.29, 0.717) is 24.4 Å². The van der Waals surface area contributed by atoms with Crippen molar-refractivity contribution in [3.05, 3.63) is 29.3 Å². The monoisotopic (exact) mass is 346 g/mol. The highest BCUT2D eigenvalue weighted by Crippen LogP contribution is 2.27. The maximum absolute atomic E-state index is 12.2. The van der Waals surface area contributed by atoms with Crippen molar-refractivity contribution in [1.82, 2.24) is 9.62 Å². The average molecular weight is 347 g/mol. The number of hydrogen-bond acceptors (Lipinski definition) is 4. The molecule has 122 valence electrons. The summed E-state index contributed by atoms with van der Waals surface area (Å²) >= 11 is 5.75. The molecule has 8 heteroatoms. The Morgan fingerprint density at radius 1 is 1.36 bits per heavy atom. The molecule has 0 heterocycles. The Morgan fingerprint density at radius 3 is 2.45 bits per heavy atom. The number of carboxylic acids is 1. The fourth-order valence-electron chi connectivity index (χ4n) is 2.56. The number of sulfonamides is 1. The molecule has 6 nitrogen and oxygen atoms in total. The lowest BCUT2D eigenvalue weighted by Gasteiger charge is -2.42. The smallest absolute Gasteiger partial charge is 0.317 e. The Morgan fingerprint density at radius 2 is 1.95 bits per heavy atom. The van der Waals surface area contributed by atoms with Gasteiger partial charge in [0.2, 0.25) is 10.0 Å². The van der Waals surface area contributed by atoms with Crippen LogP contribution in [0.15, 0.2) is 29.2 Å². The van der Waals surface area contributed by atoms with E-state index in [1.165, 1.54) is 24.3 Å². The van der Waals surface area contributed by atoms with Crippen LogP contribution in [0, 0.1) is 0 Å². The minimum Gasteiger partial charge on any atom is -0.480 e. The number of benzene rings is 1. The summed E-state index contributed by atoms with van der Waals surface area (Å²) in [5, 5.41) is 9.32. The molecule has 1 aromatic rings. The highest BCUT2D eigenvalue weighted by atomic mass is 35.5. The number of aliphatic carboxylic acids is 1. The van der Waals surface area contributed by atoms with Crippen LogP contribution in [0.2, 0.25) is 5.02 Å². The Hall–Kier alpha value is -1.15. The predicted molar refractivity (Wildman–Crippen MR) is 83.5 cm³/mol. The van der Waals surface area contributed by atoms with Gasteiger partial charge < -0.3 is 5.11 Å². The van der Waals surface area contributed by atoms with Crippen molar-refractivity contribution in [2.75, 3.05) is 13.1 Å². The van der Waals surface area contributed by atoms with Gasteiger partial charge in [-0.3, -0.25) is 9.69 Å². The van der Waals surface area contributed by atoms with Gasteiger partial charge in [-0.15, -0.1) is 0 Å². The molecule has 1 aliphatic rings. The van der Waals surface area contributed by atoms with Gasteiger partial charge in [0.05, 0.1) is 11.4 Å². The van der Waals surface area contributed by atoms with Crippen molar-refractivity contribution in [3.63, 3.8) is 0 Å². The maximum Gasteiger partial charge on any atom is 0.317 e. The lowest BCUT2D eigenvalue weighted by atomic mass is 9.86. The molecule has 1 aliphatic carbocycles. The van der Waals surface area contributed by atoms with Crippen molar-refractivity contribution in [2.24, 2.45) is 0 Å². The van der Waals surface area contributed by atoms with E-state index < -0.39 is 16.0 Å². The molecule has 1 saturated carbocycles. The number of nitrogens with zero attached hydrogens (tertiary/aromatic N) is 1. The number of carboxylic acid groups (broad SMARTS) is 1. The summed E-state index contributed by atoms with van der Waals surface area (Å²) in [6, 6.07) is 5.94. The zero-order valence-corrected chi connectivity index (χ0v) is 13.8. The number of hydrogen-bond donors (Lipinski definition) is 2. The third-order valence-corrected chi connectivity index (χ3v) is 5.61. The van der Waals surface area contributed by atoms with E-state index in [1.54, 1.807) is 0 Å². The molecule has 0 aromatic heterocycles. The summed E-state index contributed by atoms with van der Waals surface area (Å²) in [5.41, 5.74) is 0. The second-order valence-electron chi connectivity index (χ2n) is 5.35. The molecule has 0 unspecified atom stereocenters. The van der Waals surface area contributed by atoms with Crippen LogP contribution < -0.4 is 4.72 Å². The highest BCUT2D eigenvalue weighted by molar-refractivity contribution is 7.89. The van der Waals surface area contributed by atoms with Gasteiger partial charge in [-0.05, 0) is 43.7 Å². The molecule has 0 radical (unpaired) electrons. The van der Waals surface area contributed by atoms with Crippen LogP contribution in [0.5, 0.6) is 0 Å². The third-order valence-electron chi connectivity index (χ3n) is 3.82. The minimum atomic E-state index is -3.56. The Bertz CT molecular complexity index is 627. The number of nitrogens with one attached hydrogen (secondary N) is 1. The van der Waals surface area contributed by atoms with Gasteiger partial charge in [0.1, 0.15) is 0 Å². The van der Waals surface area contributed by atoms with Crippen LogP contribution in [0.25, 0.3) is 0 Å². The van der Waals surface area contributed by atoms with Crippen molar-refractivity contribution in [1.29, 1.82) is 0 Å². The molecular weight excluding hydrogens is 328 g/mol. The van der Waals surface area contributed by atoms with Crippen molar-refractivity contribution < 1.29 is 18.3 Å². The summed E-state index contributed by atoms with van der Waals surface area (Å²) in [6.07, 6.45) is 1.24. The Balaban J connectivity index is 1.91. The third kappa shape index (κ3) is 4.19. The van der Waals surface area contributed by atoms with Gasteiger partial charge >= 0.3 is 5.97 Å². The fraction of sp³-hybridized carbons (Fsp3) is 0.500. The molecule has 1 aromatic carbocycles. The SMILES string of the molecule is CCN(CC(=O)O)C1CC(NS(=O)(=O)c2ccc(Cl)cc2)C1. The van der Waals surface area contributed by atoms with Gasteiger partial charge in [0.25, 0.3) is 0 Å².